The lowest BCUT2D eigenvalue weighted by atomic mass is 9.76. The number of piperidine rings is 2. The first-order valence-electron chi connectivity index (χ1n) is 12.9. The van der Waals surface area contributed by atoms with Gasteiger partial charge in [-0.25, -0.2) is 0 Å². The number of nitrogens with one attached hydrogen (secondary N) is 2. The van der Waals surface area contributed by atoms with Crippen LogP contribution in [0.1, 0.15) is 86.6 Å². The van der Waals surface area contributed by atoms with Crippen LogP contribution in [0.25, 0.3) is 6.08 Å². The fraction of sp³-hybridized carbons (Fsp3) is 0.655. The summed E-state index contributed by atoms with van der Waals surface area (Å²) in [5.41, 5.74) is -0.117. The first kappa shape index (κ1) is 28.2. The van der Waals surface area contributed by atoms with Crippen LogP contribution in [0.2, 0.25) is 0 Å². The van der Waals surface area contributed by atoms with Crippen molar-refractivity contribution in [3.63, 3.8) is 0 Å². The van der Waals surface area contributed by atoms with Crippen molar-refractivity contribution in [3.8, 4) is 5.75 Å². The van der Waals surface area contributed by atoms with E-state index in [1.165, 1.54) is 0 Å². The molecule has 0 saturated carbocycles. The Morgan fingerprint density at radius 2 is 1.08 bits per heavy atom. The number of carbonyl (C=O) groups is 2. The summed E-state index contributed by atoms with van der Waals surface area (Å²) in [5, 5.41) is 7.17. The molecule has 3 rings (SSSR count). The number of hydrogen-bond donors (Lipinski definition) is 2. The molecule has 0 spiro atoms. The van der Waals surface area contributed by atoms with Crippen molar-refractivity contribution >= 4 is 18.0 Å². The first-order chi connectivity index (χ1) is 16.5. The Morgan fingerprint density at radius 1 is 0.722 bits per heavy atom. The molecule has 2 fully saturated rings. The quantitative estimate of drug-likeness (QED) is 0.410. The molecule has 0 unspecified atom stereocenters. The van der Waals surface area contributed by atoms with Gasteiger partial charge in [-0.2, -0.15) is 0 Å². The van der Waals surface area contributed by atoms with Crippen LogP contribution in [0.5, 0.6) is 5.75 Å². The van der Waals surface area contributed by atoms with E-state index in [0.29, 0.717) is 31.4 Å². The van der Waals surface area contributed by atoms with Crippen molar-refractivity contribution in [2.75, 3.05) is 7.11 Å². The molecule has 200 valence electrons. The van der Waals surface area contributed by atoms with E-state index >= 15 is 0 Å². The van der Waals surface area contributed by atoms with E-state index in [1.807, 2.05) is 24.3 Å². The van der Waals surface area contributed by atoms with E-state index in [-0.39, 0.29) is 51.9 Å². The molecule has 0 amide bonds. The lowest BCUT2D eigenvalue weighted by Gasteiger charge is -2.45. The van der Waals surface area contributed by atoms with Gasteiger partial charge in [-0.3, -0.25) is 9.59 Å². The molecule has 0 atom stereocenters. The van der Waals surface area contributed by atoms with Crippen LogP contribution in [-0.4, -0.2) is 41.2 Å². The minimum absolute atomic E-state index is 0.0848. The SMILES string of the molecule is COc1ccc(C=C(OC(=O)C2CC(C)(C)NC(C)(C)C2)OC(=O)C2CC(C)(C)NC(C)(C)C2)cc1. The van der Waals surface area contributed by atoms with Gasteiger partial charge in [0.1, 0.15) is 5.75 Å². The molecule has 2 aliphatic heterocycles. The molecule has 7 heteroatoms. The van der Waals surface area contributed by atoms with E-state index < -0.39 is 0 Å². The Balaban J connectivity index is 1.84. The van der Waals surface area contributed by atoms with Gasteiger partial charge in [-0.15, -0.1) is 0 Å². The summed E-state index contributed by atoms with van der Waals surface area (Å²) in [6.45, 7) is 16.7. The second-order valence-electron chi connectivity index (χ2n) is 13.1. The fourth-order valence-corrected chi connectivity index (χ4v) is 6.26. The molecule has 1 aromatic rings. The van der Waals surface area contributed by atoms with Crippen molar-refractivity contribution in [2.45, 2.75) is 103 Å². The normalized spacial score (nSPS) is 22.8. The van der Waals surface area contributed by atoms with Gasteiger partial charge in [-0.1, -0.05) is 12.1 Å². The Bertz CT molecular complexity index is 905. The minimum atomic E-state index is -0.379. The molecule has 2 heterocycles. The van der Waals surface area contributed by atoms with E-state index in [1.54, 1.807) is 13.2 Å². The Morgan fingerprint density at radius 3 is 1.42 bits per heavy atom. The fourth-order valence-electron chi connectivity index (χ4n) is 6.26. The second kappa shape index (κ2) is 10.2. The average molecular weight is 501 g/mol. The molecule has 1 aromatic carbocycles. The third-order valence-corrected chi connectivity index (χ3v) is 6.85. The third-order valence-electron chi connectivity index (χ3n) is 6.85. The number of rotatable bonds is 6. The minimum Gasteiger partial charge on any atom is -0.497 e. The Hall–Kier alpha value is -2.38. The maximum atomic E-state index is 13.3. The molecule has 36 heavy (non-hydrogen) atoms. The number of carbonyl (C=O) groups excluding carboxylic acids is 2. The summed E-state index contributed by atoms with van der Waals surface area (Å²) in [6, 6.07) is 7.27. The summed E-state index contributed by atoms with van der Waals surface area (Å²) < 4.78 is 16.9. The molecule has 2 aliphatic rings. The number of esters is 2. The van der Waals surface area contributed by atoms with Gasteiger partial charge in [-0.05, 0) is 98.8 Å². The van der Waals surface area contributed by atoms with Gasteiger partial charge in [0.15, 0.2) is 0 Å². The maximum Gasteiger partial charge on any atom is 0.316 e. The van der Waals surface area contributed by atoms with Gasteiger partial charge in [0.2, 0.25) is 0 Å². The molecular formula is C29H44N2O5. The summed E-state index contributed by atoms with van der Waals surface area (Å²) in [7, 11) is 1.60. The van der Waals surface area contributed by atoms with Crippen molar-refractivity contribution in [2.24, 2.45) is 11.8 Å². The Kier molecular flexibility index (Phi) is 7.97. The zero-order valence-corrected chi connectivity index (χ0v) is 23.4. The lowest BCUT2D eigenvalue weighted by Crippen LogP contribution is -2.59. The van der Waals surface area contributed by atoms with E-state index in [0.717, 1.165) is 5.56 Å². The highest BCUT2D eigenvalue weighted by atomic mass is 16.7. The molecule has 0 aliphatic carbocycles. The molecule has 2 N–H and O–H groups in total. The summed E-state index contributed by atoms with van der Waals surface area (Å²) in [6.07, 6.45) is 4.14. The molecule has 0 bridgehead atoms. The first-order valence-corrected chi connectivity index (χ1v) is 12.9. The maximum absolute atomic E-state index is 13.3. The summed E-state index contributed by atoms with van der Waals surface area (Å²) in [4.78, 5) is 26.7. The molecule has 7 nitrogen and oxygen atoms in total. The predicted molar refractivity (Wildman–Crippen MR) is 141 cm³/mol. The standard InChI is InChI=1S/C29H44N2O5/c1-26(2)15-20(16-27(3,4)30-26)24(32)35-23(14-19-10-12-22(34-9)13-11-19)36-25(33)21-17-28(5,6)31-29(7,8)18-21/h10-14,20-21,30-31H,15-18H2,1-9H3. The number of benzene rings is 1. The second-order valence-corrected chi connectivity index (χ2v) is 13.1. The third kappa shape index (κ3) is 7.81. The highest BCUT2D eigenvalue weighted by molar-refractivity contribution is 5.78. The van der Waals surface area contributed by atoms with Crippen LogP contribution in [0, 0.1) is 11.8 Å². The van der Waals surface area contributed by atoms with Gasteiger partial charge in [0.25, 0.3) is 5.95 Å². The van der Waals surface area contributed by atoms with Gasteiger partial charge >= 0.3 is 11.9 Å². The number of methoxy groups -OCH3 is 1. The smallest absolute Gasteiger partial charge is 0.316 e. The van der Waals surface area contributed by atoms with Crippen LogP contribution < -0.4 is 15.4 Å². The Labute approximate surface area is 216 Å². The van der Waals surface area contributed by atoms with Crippen molar-refractivity contribution in [3.05, 3.63) is 35.8 Å². The van der Waals surface area contributed by atoms with Crippen LogP contribution in [0.4, 0.5) is 0 Å². The zero-order valence-electron chi connectivity index (χ0n) is 23.4. The van der Waals surface area contributed by atoms with Crippen molar-refractivity contribution in [1.29, 1.82) is 0 Å². The van der Waals surface area contributed by atoms with Crippen molar-refractivity contribution < 1.29 is 23.8 Å². The number of hydrogen-bond acceptors (Lipinski definition) is 7. The summed E-state index contributed by atoms with van der Waals surface area (Å²) >= 11 is 0. The molecule has 0 aromatic heterocycles. The van der Waals surface area contributed by atoms with Crippen LogP contribution in [0.15, 0.2) is 30.2 Å². The lowest BCUT2D eigenvalue weighted by molar-refractivity contribution is -0.162. The monoisotopic (exact) mass is 500 g/mol. The zero-order chi connectivity index (χ0) is 26.9. The van der Waals surface area contributed by atoms with Crippen molar-refractivity contribution in [1.82, 2.24) is 10.6 Å². The topological polar surface area (TPSA) is 85.9 Å². The van der Waals surface area contributed by atoms with Gasteiger partial charge in [0.05, 0.1) is 18.9 Å². The van der Waals surface area contributed by atoms with Crippen LogP contribution >= 0.6 is 0 Å². The molecular weight excluding hydrogens is 456 g/mol. The van der Waals surface area contributed by atoms with E-state index in [4.69, 9.17) is 14.2 Å². The molecule has 2 saturated heterocycles. The highest BCUT2D eigenvalue weighted by Crippen LogP contribution is 2.36. The highest BCUT2D eigenvalue weighted by Gasteiger charge is 2.43. The van der Waals surface area contributed by atoms with E-state index in [2.05, 4.69) is 66.0 Å². The average Bonchev–Trinajstić information content (AvgIpc) is 2.69. The summed E-state index contributed by atoms with van der Waals surface area (Å²) in [5.74, 6) is -0.760. The van der Waals surface area contributed by atoms with Gasteiger partial charge in [0, 0.05) is 28.2 Å². The van der Waals surface area contributed by atoms with Crippen LogP contribution in [-0.2, 0) is 19.1 Å². The largest absolute Gasteiger partial charge is 0.497 e. The number of ether oxygens (including phenoxy) is 3. The molecule has 0 radical (unpaired) electrons. The van der Waals surface area contributed by atoms with Gasteiger partial charge < -0.3 is 24.8 Å². The van der Waals surface area contributed by atoms with Crippen LogP contribution in [0.3, 0.4) is 0 Å². The van der Waals surface area contributed by atoms with E-state index in [9.17, 15) is 9.59 Å². The predicted octanol–water partition coefficient (Wildman–Crippen LogP) is 5.19.